The van der Waals surface area contributed by atoms with Crippen LogP contribution >= 0.6 is 0 Å². The molecule has 106 valence electrons. The van der Waals surface area contributed by atoms with Gasteiger partial charge in [-0.05, 0) is 23.8 Å². The lowest BCUT2D eigenvalue weighted by atomic mass is 9.98. The molecule has 2 aromatic carbocycles. The summed E-state index contributed by atoms with van der Waals surface area (Å²) in [4.78, 5) is 0. The van der Waals surface area contributed by atoms with E-state index in [1.54, 1.807) is 18.2 Å². The predicted molar refractivity (Wildman–Crippen MR) is 71.9 cm³/mol. The van der Waals surface area contributed by atoms with Gasteiger partial charge < -0.3 is 15.2 Å². The van der Waals surface area contributed by atoms with E-state index in [1.165, 1.54) is 26.4 Å². The van der Waals surface area contributed by atoms with Crippen molar-refractivity contribution in [3.63, 3.8) is 0 Å². The molecule has 0 amide bonds. The van der Waals surface area contributed by atoms with Crippen molar-refractivity contribution < 1.29 is 18.3 Å². The molecule has 2 rings (SSSR count). The Morgan fingerprint density at radius 1 is 0.950 bits per heavy atom. The Labute approximate surface area is 115 Å². The molecule has 0 aliphatic carbocycles. The molecule has 0 aliphatic heterocycles. The van der Waals surface area contributed by atoms with E-state index in [-0.39, 0.29) is 5.56 Å². The number of nitrogens with two attached hydrogens (primary N) is 1. The van der Waals surface area contributed by atoms with Crippen LogP contribution in [0, 0.1) is 11.6 Å². The summed E-state index contributed by atoms with van der Waals surface area (Å²) in [7, 11) is 3.03. The zero-order chi connectivity index (χ0) is 14.7. The molecule has 0 fully saturated rings. The van der Waals surface area contributed by atoms with Gasteiger partial charge in [0.15, 0.2) is 11.5 Å². The third-order valence-electron chi connectivity index (χ3n) is 3.06. The fourth-order valence-electron chi connectivity index (χ4n) is 1.98. The maximum atomic E-state index is 13.7. The average Bonchev–Trinajstić information content (AvgIpc) is 2.45. The Hall–Kier alpha value is -2.14. The number of ether oxygens (including phenoxy) is 2. The molecule has 0 saturated heterocycles. The van der Waals surface area contributed by atoms with E-state index in [4.69, 9.17) is 15.2 Å². The van der Waals surface area contributed by atoms with Crippen LogP contribution in [0.2, 0.25) is 0 Å². The highest BCUT2D eigenvalue weighted by Crippen LogP contribution is 2.32. The summed E-state index contributed by atoms with van der Waals surface area (Å²) in [5.41, 5.74) is 6.89. The standard InChI is InChI=1S/C15H15F2NO2/c1-19-13-6-3-9(7-14(13)20-2)15(18)11-5-4-10(16)8-12(11)17/h3-8,15H,18H2,1-2H3. The van der Waals surface area contributed by atoms with Crippen molar-refractivity contribution in [2.45, 2.75) is 6.04 Å². The Morgan fingerprint density at radius 2 is 1.65 bits per heavy atom. The second-order valence-corrected chi connectivity index (χ2v) is 4.26. The van der Waals surface area contributed by atoms with Crippen LogP contribution < -0.4 is 15.2 Å². The van der Waals surface area contributed by atoms with E-state index < -0.39 is 17.7 Å². The molecule has 0 heterocycles. The molecule has 0 aromatic heterocycles. The lowest BCUT2D eigenvalue weighted by Gasteiger charge is -2.16. The molecule has 2 N–H and O–H groups in total. The van der Waals surface area contributed by atoms with Gasteiger partial charge in [0.25, 0.3) is 0 Å². The van der Waals surface area contributed by atoms with Crippen LogP contribution in [0.25, 0.3) is 0 Å². The van der Waals surface area contributed by atoms with Crippen LogP contribution in [0.4, 0.5) is 8.78 Å². The fourth-order valence-corrected chi connectivity index (χ4v) is 1.98. The molecule has 5 heteroatoms. The lowest BCUT2D eigenvalue weighted by Crippen LogP contribution is -2.14. The molecule has 3 nitrogen and oxygen atoms in total. The molecule has 1 atom stereocenters. The SMILES string of the molecule is COc1ccc(C(N)c2ccc(F)cc2F)cc1OC. The lowest BCUT2D eigenvalue weighted by molar-refractivity contribution is 0.354. The van der Waals surface area contributed by atoms with Crippen LogP contribution in [0.5, 0.6) is 11.5 Å². The van der Waals surface area contributed by atoms with E-state index in [0.717, 1.165) is 6.07 Å². The summed E-state index contributed by atoms with van der Waals surface area (Å²) in [6, 6.07) is 7.70. The first-order chi connectivity index (χ1) is 9.56. The van der Waals surface area contributed by atoms with Crippen molar-refractivity contribution >= 4 is 0 Å². The summed E-state index contributed by atoms with van der Waals surface area (Å²) in [5, 5.41) is 0. The topological polar surface area (TPSA) is 44.5 Å². The maximum Gasteiger partial charge on any atom is 0.161 e. The molecular formula is C15H15F2NO2. The normalized spacial score (nSPS) is 12.1. The van der Waals surface area contributed by atoms with Crippen LogP contribution in [-0.4, -0.2) is 14.2 Å². The third-order valence-corrected chi connectivity index (χ3v) is 3.06. The smallest absolute Gasteiger partial charge is 0.161 e. The Balaban J connectivity index is 2.40. The number of methoxy groups -OCH3 is 2. The van der Waals surface area contributed by atoms with Gasteiger partial charge in [0.1, 0.15) is 11.6 Å². The summed E-state index contributed by atoms with van der Waals surface area (Å²) < 4.78 is 37.0. The van der Waals surface area contributed by atoms with Crippen molar-refractivity contribution in [3.8, 4) is 11.5 Å². The van der Waals surface area contributed by atoms with Crippen LogP contribution in [-0.2, 0) is 0 Å². The number of hydrogen-bond acceptors (Lipinski definition) is 3. The highest BCUT2D eigenvalue weighted by atomic mass is 19.1. The number of benzene rings is 2. The van der Waals surface area contributed by atoms with Gasteiger partial charge >= 0.3 is 0 Å². The van der Waals surface area contributed by atoms with Gasteiger partial charge in [-0.1, -0.05) is 12.1 Å². The zero-order valence-corrected chi connectivity index (χ0v) is 11.2. The van der Waals surface area contributed by atoms with Crippen LogP contribution in [0.1, 0.15) is 17.2 Å². The van der Waals surface area contributed by atoms with E-state index in [2.05, 4.69) is 0 Å². The minimum Gasteiger partial charge on any atom is -0.493 e. The molecule has 1 unspecified atom stereocenters. The summed E-state index contributed by atoms with van der Waals surface area (Å²) in [5.74, 6) is -0.246. The molecule has 20 heavy (non-hydrogen) atoms. The monoisotopic (exact) mass is 279 g/mol. The third kappa shape index (κ3) is 2.72. The van der Waals surface area contributed by atoms with Crippen molar-refractivity contribution in [2.75, 3.05) is 14.2 Å². The van der Waals surface area contributed by atoms with E-state index in [9.17, 15) is 8.78 Å². The second kappa shape index (κ2) is 5.88. The van der Waals surface area contributed by atoms with Crippen molar-refractivity contribution in [1.29, 1.82) is 0 Å². The number of halogens is 2. The first-order valence-electron chi connectivity index (χ1n) is 5.99. The maximum absolute atomic E-state index is 13.7. The van der Waals surface area contributed by atoms with Gasteiger partial charge in [0.05, 0.1) is 20.3 Å². The molecule has 0 saturated carbocycles. The summed E-state index contributed by atoms with van der Waals surface area (Å²) in [6.07, 6.45) is 0. The van der Waals surface area contributed by atoms with Crippen molar-refractivity contribution in [3.05, 3.63) is 59.2 Å². The van der Waals surface area contributed by atoms with Gasteiger partial charge in [-0.25, -0.2) is 8.78 Å². The summed E-state index contributed by atoms with van der Waals surface area (Å²) in [6.45, 7) is 0. The number of hydrogen-bond donors (Lipinski definition) is 1. The molecule has 0 radical (unpaired) electrons. The van der Waals surface area contributed by atoms with Crippen LogP contribution in [0.3, 0.4) is 0 Å². The molecule has 0 spiro atoms. The predicted octanol–water partition coefficient (Wildman–Crippen LogP) is 3.03. The fraction of sp³-hybridized carbons (Fsp3) is 0.200. The zero-order valence-electron chi connectivity index (χ0n) is 11.2. The molecule has 0 bridgehead atoms. The van der Waals surface area contributed by atoms with E-state index in [1.807, 2.05) is 0 Å². The Morgan fingerprint density at radius 3 is 2.25 bits per heavy atom. The van der Waals surface area contributed by atoms with E-state index >= 15 is 0 Å². The second-order valence-electron chi connectivity index (χ2n) is 4.26. The first kappa shape index (κ1) is 14.3. The molecule has 2 aromatic rings. The molecule has 0 aliphatic rings. The van der Waals surface area contributed by atoms with Gasteiger partial charge in [-0.15, -0.1) is 0 Å². The quantitative estimate of drug-likeness (QED) is 0.935. The minimum absolute atomic E-state index is 0.221. The average molecular weight is 279 g/mol. The van der Waals surface area contributed by atoms with Crippen molar-refractivity contribution in [1.82, 2.24) is 0 Å². The van der Waals surface area contributed by atoms with Gasteiger partial charge in [-0.3, -0.25) is 0 Å². The highest BCUT2D eigenvalue weighted by Gasteiger charge is 2.16. The largest absolute Gasteiger partial charge is 0.493 e. The Bertz CT molecular complexity index is 617. The Kier molecular flexibility index (Phi) is 4.20. The summed E-state index contributed by atoms with van der Waals surface area (Å²) >= 11 is 0. The van der Waals surface area contributed by atoms with E-state index in [0.29, 0.717) is 17.1 Å². The van der Waals surface area contributed by atoms with Crippen LogP contribution in [0.15, 0.2) is 36.4 Å². The van der Waals surface area contributed by atoms with Gasteiger partial charge in [0, 0.05) is 11.6 Å². The first-order valence-corrected chi connectivity index (χ1v) is 5.99. The molecular weight excluding hydrogens is 264 g/mol. The van der Waals surface area contributed by atoms with Gasteiger partial charge in [0.2, 0.25) is 0 Å². The highest BCUT2D eigenvalue weighted by molar-refractivity contribution is 5.45. The number of rotatable bonds is 4. The van der Waals surface area contributed by atoms with Gasteiger partial charge in [-0.2, -0.15) is 0 Å². The van der Waals surface area contributed by atoms with Crippen molar-refractivity contribution in [2.24, 2.45) is 5.73 Å². The minimum atomic E-state index is -0.713.